The highest BCUT2D eigenvalue weighted by Gasteiger charge is 2.15. The average molecular weight is 359 g/mol. The molecule has 0 fully saturated rings. The van der Waals surface area contributed by atoms with Crippen molar-refractivity contribution in [2.75, 3.05) is 0 Å². The molecule has 0 spiro atoms. The smallest absolute Gasteiger partial charge is 0.283 e. The molecule has 5 heteroatoms. The summed E-state index contributed by atoms with van der Waals surface area (Å²) in [6, 6.07) is 12.0. The summed E-state index contributed by atoms with van der Waals surface area (Å²) in [7, 11) is 0. The summed E-state index contributed by atoms with van der Waals surface area (Å²) < 4.78 is 1.11. The minimum atomic E-state index is 0.188. The highest BCUT2D eigenvalue weighted by molar-refractivity contribution is 5.78. The van der Waals surface area contributed by atoms with Crippen molar-refractivity contribution in [2.24, 2.45) is 0 Å². The molecule has 0 saturated carbocycles. The molecule has 4 aromatic rings. The van der Waals surface area contributed by atoms with Crippen LogP contribution in [0.5, 0.6) is 0 Å². The average Bonchev–Trinajstić information content (AvgIpc) is 2.67. The molecule has 0 aliphatic heterocycles. The van der Waals surface area contributed by atoms with E-state index in [9.17, 15) is 5.21 Å². The number of pyridine rings is 2. The second-order valence-electron chi connectivity index (χ2n) is 7.39. The van der Waals surface area contributed by atoms with Crippen molar-refractivity contribution in [1.82, 2.24) is 15.0 Å². The van der Waals surface area contributed by atoms with Crippen LogP contribution in [0.1, 0.15) is 49.6 Å². The van der Waals surface area contributed by atoms with E-state index in [0.717, 1.165) is 32.5 Å². The largest absolute Gasteiger partial charge is 0.284 e. The summed E-state index contributed by atoms with van der Waals surface area (Å²) in [5.74, 6) is 1.48. The normalized spacial score (nSPS) is 12.7. The quantitative estimate of drug-likeness (QED) is 0.439. The molecule has 0 bridgehead atoms. The number of rotatable bonds is 4. The molecule has 136 valence electrons. The molecule has 1 unspecified atom stereocenters. The van der Waals surface area contributed by atoms with Crippen LogP contribution < -0.4 is 4.73 Å². The zero-order chi connectivity index (χ0) is 19.0. The summed E-state index contributed by atoms with van der Waals surface area (Å²) in [4.78, 5) is 13.8. The van der Waals surface area contributed by atoms with Crippen LogP contribution in [0.2, 0.25) is 0 Å². The van der Waals surface area contributed by atoms with Crippen molar-refractivity contribution in [3.8, 4) is 0 Å². The third-order valence-electron chi connectivity index (χ3n) is 5.03. The summed E-state index contributed by atoms with van der Waals surface area (Å²) in [5, 5.41) is 11.1. The maximum atomic E-state index is 10.0. The van der Waals surface area contributed by atoms with Crippen molar-refractivity contribution in [3.05, 3.63) is 71.9 Å². The van der Waals surface area contributed by atoms with Crippen LogP contribution in [0, 0.1) is 0 Å². The molecule has 0 aliphatic carbocycles. The van der Waals surface area contributed by atoms with Crippen LogP contribution in [-0.2, 0) is 6.42 Å². The monoisotopic (exact) mass is 359 g/mol. The van der Waals surface area contributed by atoms with E-state index in [1.807, 2.05) is 24.5 Å². The van der Waals surface area contributed by atoms with Gasteiger partial charge in [-0.2, -0.15) is 0 Å². The molecule has 4 rings (SSSR count). The van der Waals surface area contributed by atoms with E-state index in [0.29, 0.717) is 17.9 Å². The molecule has 1 aromatic carbocycles. The topological polar surface area (TPSA) is 62.8 Å². The van der Waals surface area contributed by atoms with Gasteiger partial charge in [0.15, 0.2) is 0 Å². The van der Waals surface area contributed by atoms with Crippen molar-refractivity contribution < 1.29 is 9.94 Å². The van der Waals surface area contributed by atoms with Gasteiger partial charge in [-0.15, -0.1) is 0 Å². The van der Waals surface area contributed by atoms with Crippen molar-refractivity contribution in [3.63, 3.8) is 0 Å². The number of fused-ring (bicyclic) bond motifs is 2. The SMILES string of the molecule is CC(C)c1ccc2cnc(CC(C)c3cnc4ccc[n+](O)c4c3)nc2c1. The first-order valence-electron chi connectivity index (χ1n) is 9.26. The highest BCUT2D eigenvalue weighted by atomic mass is 16.5. The lowest BCUT2D eigenvalue weighted by Gasteiger charge is -2.11. The number of aromatic nitrogens is 4. The molecule has 0 amide bonds. The Bertz CT molecular complexity index is 1120. The summed E-state index contributed by atoms with van der Waals surface area (Å²) in [6.45, 7) is 6.50. The Morgan fingerprint density at radius 2 is 1.81 bits per heavy atom. The molecular weight excluding hydrogens is 336 g/mol. The fraction of sp³-hybridized carbons (Fsp3) is 0.273. The second kappa shape index (κ2) is 6.91. The Hall–Kier alpha value is -3.08. The summed E-state index contributed by atoms with van der Waals surface area (Å²) in [5.41, 5.74) is 4.78. The molecular formula is C22H23N4O+. The van der Waals surface area contributed by atoms with Gasteiger partial charge in [0.25, 0.3) is 5.52 Å². The van der Waals surface area contributed by atoms with E-state index in [1.165, 1.54) is 5.56 Å². The van der Waals surface area contributed by atoms with Gasteiger partial charge in [0.2, 0.25) is 6.20 Å². The lowest BCUT2D eigenvalue weighted by Crippen LogP contribution is -2.30. The number of hydrogen-bond donors (Lipinski definition) is 1. The van der Waals surface area contributed by atoms with Gasteiger partial charge >= 0.3 is 0 Å². The van der Waals surface area contributed by atoms with Gasteiger partial charge in [-0.25, -0.2) is 15.0 Å². The van der Waals surface area contributed by atoms with E-state index >= 15 is 0 Å². The van der Waals surface area contributed by atoms with Crippen LogP contribution in [0.4, 0.5) is 0 Å². The van der Waals surface area contributed by atoms with Gasteiger partial charge in [0.05, 0.1) is 5.52 Å². The molecule has 3 aromatic heterocycles. The molecule has 1 atom stereocenters. The fourth-order valence-corrected chi connectivity index (χ4v) is 3.28. The summed E-state index contributed by atoms with van der Waals surface area (Å²) >= 11 is 0. The van der Waals surface area contributed by atoms with E-state index in [-0.39, 0.29) is 5.92 Å². The third-order valence-corrected chi connectivity index (χ3v) is 5.03. The maximum absolute atomic E-state index is 10.0. The number of nitrogens with zero attached hydrogens (tertiary/aromatic N) is 4. The Morgan fingerprint density at radius 1 is 0.963 bits per heavy atom. The first-order valence-corrected chi connectivity index (χ1v) is 9.26. The lowest BCUT2D eigenvalue weighted by molar-refractivity contribution is -0.884. The molecule has 1 N–H and O–H groups in total. The molecule has 3 heterocycles. The Kier molecular flexibility index (Phi) is 4.44. The van der Waals surface area contributed by atoms with Crippen molar-refractivity contribution in [1.29, 1.82) is 0 Å². The Morgan fingerprint density at radius 3 is 2.63 bits per heavy atom. The van der Waals surface area contributed by atoms with Gasteiger partial charge in [-0.1, -0.05) is 32.9 Å². The first kappa shape index (κ1) is 17.3. The molecule has 27 heavy (non-hydrogen) atoms. The second-order valence-corrected chi connectivity index (χ2v) is 7.39. The highest BCUT2D eigenvalue weighted by Crippen LogP contribution is 2.23. The van der Waals surface area contributed by atoms with Gasteiger partial charge in [0.1, 0.15) is 11.3 Å². The number of hydrogen-bond acceptors (Lipinski definition) is 4. The Labute approximate surface area is 158 Å². The molecule has 0 aliphatic rings. The molecule has 0 radical (unpaired) electrons. The van der Waals surface area contributed by atoms with E-state index < -0.39 is 0 Å². The van der Waals surface area contributed by atoms with Gasteiger partial charge in [-0.3, -0.25) is 5.21 Å². The number of benzene rings is 1. The van der Waals surface area contributed by atoms with Crippen LogP contribution in [0.15, 0.2) is 55.0 Å². The van der Waals surface area contributed by atoms with Crippen LogP contribution in [0.25, 0.3) is 21.9 Å². The zero-order valence-corrected chi connectivity index (χ0v) is 15.8. The van der Waals surface area contributed by atoms with Gasteiger partial charge in [0, 0.05) is 41.1 Å². The minimum Gasteiger partial charge on any atom is -0.284 e. The van der Waals surface area contributed by atoms with Gasteiger partial charge < -0.3 is 0 Å². The third kappa shape index (κ3) is 3.45. The van der Waals surface area contributed by atoms with E-state index in [2.05, 4.69) is 48.9 Å². The van der Waals surface area contributed by atoms with Crippen molar-refractivity contribution in [2.45, 2.75) is 39.0 Å². The minimum absolute atomic E-state index is 0.188. The predicted molar refractivity (Wildman–Crippen MR) is 105 cm³/mol. The van der Waals surface area contributed by atoms with Gasteiger partial charge in [-0.05, 0) is 35.1 Å². The summed E-state index contributed by atoms with van der Waals surface area (Å²) in [6.07, 6.45) is 6.09. The maximum Gasteiger partial charge on any atom is 0.283 e. The standard InChI is InChI=1S/C22H23N4O/c1-14(2)16-6-7-17-12-24-22(25-20(17)10-16)9-15(3)18-11-21-19(23-13-18)5-4-8-26(21)27/h4-8,10-15,27H,9H2,1-3H3/q+1. The van der Waals surface area contributed by atoms with E-state index in [1.54, 1.807) is 12.3 Å². The first-order chi connectivity index (χ1) is 13.0. The van der Waals surface area contributed by atoms with Crippen LogP contribution in [-0.4, -0.2) is 20.2 Å². The lowest BCUT2D eigenvalue weighted by atomic mass is 9.98. The van der Waals surface area contributed by atoms with Crippen molar-refractivity contribution >= 4 is 21.9 Å². The zero-order valence-electron chi connectivity index (χ0n) is 15.8. The molecule has 0 saturated heterocycles. The van der Waals surface area contributed by atoms with Crippen LogP contribution >= 0.6 is 0 Å². The van der Waals surface area contributed by atoms with E-state index in [4.69, 9.17) is 4.98 Å². The fourth-order valence-electron chi connectivity index (χ4n) is 3.28. The predicted octanol–water partition coefficient (Wildman–Crippen LogP) is 4.17. The molecule has 5 nitrogen and oxygen atoms in total. The van der Waals surface area contributed by atoms with Crippen LogP contribution in [0.3, 0.4) is 0 Å². The Balaban J connectivity index is 1.64.